The molecule has 0 radical (unpaired) electrons. The van der Waals surface area contributed by atoms with Crippen molar-refractivity contribution in [1.29, 1.82) is 0 Å². The standard InChI is InChI=1S/C19H20Br2N2O3/c1-3-4-13-5-8-18(16(21)9-13)26-12-19(24)23-22-11-14-6-7-17(25-2)15(20)10-14/h5-11H,3-4,12H2,1-2H3,(H,23,24)/b22-11+. The van der Waals surface area contributed by atoms with Crippen LogP contribution < -0.4 is 14.9 Å². The van der Waals surface area contributed by atoms with Crippen LogP contribution in [0, 0.1) is 0 Å². The normalized spacial score (nSPS) is 10.8. The molecule has 0 fully saturated rings. The number of nitrogens with one attached hydrogen (secondary N) is 1. The van der Waals surface area contributed by atoms with Gasteiger partial charge in [0.25, 0.3) is 5.91 Å². The quantitative estimate of drug-likeness (QED) is 0.437. The number of amides is 1. The molecule has 0 bridgehead atoms. The van der Waals surface area contributed by atoms with Crippen LogP contribution in [0.3, 0.4) is 0 Å². The van der Waals surface area contributed by atoms with Crippen molar-refractivity contribution < 1.29 is 14.3 Å². The van der Waals surface area contributed by atoms with E-state index in [1.165, 1.54) is 5.56 Å². The van der Waals surface area contributed by atoms with Gasteiger partial charge in [-0.25, -0.2) is 5.43 Å². The summed E-state index contributed by atoms with van der Waals surface area (Å²) in [5.74, 6) is 1.02. The van der Waals surface area contributed by atoms with Gasteiger partial charge in [0, 0.05) is 0 Å². The lowest BCUT2D eigenvalue weighted by atomic mass is 10.1. The average Bonchev–Trinajstić information content (AvgIpc) is 2.61. The van der Waals surface area contributed by atoms with Gasteiger partial charge in [0.15, 0.2) is 6.61 Å². The summed E-state index contributed by atoms with van der Waals surface area (Å²) in [6.45, 7) is 2.02. The molecule has 0 atom stereocenters. The van der Waals surface area contributed by atoms with Gasteiger partial charge in [-0.15, -0.1) is 0 Å². The molecule has 5 nitrogen and oxygen atoms in total. The van der Waals surface area contributed by atoms with Gasteiger partial charge in [0.1, 0.15) is 11.5 Å². The Bertz CT molecular complexity index is 794. The Morgan fingerprint density at radius 1 is 1.15 bits per heavy atom. The minimum Gasteiger partial charge on any atom is -0.496 e. The lowest BCUT2D eigenvalue weighted by molar-refractivity contribution is -0.123. The van der Waals surface area contributed by atoms with E-state index in [0.29, 0.717) is 5.75 Å². The summed E-state index contributed by atoms with van der Waals surface area (Å²) >= 11 is 6.87. The van der Waals surface area contributed by atoms with E-state index >= 15 is 0 Å². The average molecular weight is 484 g/mol. The van der Waals surface area contributed by atoms with E-state index in [1.807, 2.05) is 36.4 Å². The third-order valence-electron chi connectivity index (χ3n) is 3.47. The van der Waals surface area contributed by atoms with E-state index < -0.39 is 0 Å². The van der Waals surface area contributed by atoms with Crippen molar-refractivity contribution >= 4 is 44.0 Å². The van der Waals surface area contributed by atoms with Gasteiger partial charge in [-0.2, -0.15) is 5.10 Å². The highest BCUT2D eigenvalue weighted by Crippen LogP contribution is 2.26. The van der Waals surface area contributed by atoms with Gasteiger partial charge in [-0.1, -0.05) is 19.4 Å². The van der Waals surface area contributed by atoms with Gasteiger partial charge >= 0.3 is 0 Å². The first kappa shape index (κ1) is 20.5. The molecule has 0 unspecified atom stereocenters. The topological polar surface area (TPSA) is 59.9 Å². The number of hydrogen-bond donors (Lipinski definition) is 1. The zero-order chi connectivity index (χ0) is 18.9. The maximum absolute atomic E-state index is 11.9. The third kappa shape index (κ3) is 6.14. The fourth-order valence-corrected chi connectivity index (χ4v) is 3.32. The van der Waals surface area contributed by atoms with Gasteiger partial charge in [-0.3, -0.25) is 4.79 Å². The molecule has 1 N–H and O–H groups in total. The largest absolute Gasteiger partial charge is 0.496 e. The van der Waals surface area contributed by atoms with Gasteiger partial charge < -0.3 is 9.47 Å². The molecule has 2 rings (SSSR count). The van der Waals surface area contributed by atoms with E-state index in [0.717, 1.165) is 33.1 Å². The number of rotatable bonds is 8. The van der Waals surface area contributed by atoms with Crippen LogP contribution in [0.2, 0.25) is 0 Å². The highest BCUT2D eigenvalue weighted by atomic mass is 79.9. The molecule has 0 heterocycles. The molecule has 0 saturated carbocycles. The van der Waals surface area contributed by atoms with Crippen molar-refractivity contribution in [1.82, 2.24) is 5.43 Å². The van der Waals surface area contributed by atoms with Gasteiger partial charge in [0.05, 0.1) is 22.3 Å². The fourth-order valence-electron chi connectivity index (χ4n) is 2.22. The fraction of sp³-hybridized carbons (Fsp3) is 0.263. The maximum atomic E-state index is 11.9. The molecule has 0 spiro atoms. The van der Waals surface area contributed by atoms with Crippen molar-refractivity contribution in [2.45, 2.75) is 19.8 Å². The summed E-state index contributed by atoms with van der Waals surface area (Å²) in [6.07, 6.45) is 3.64. The lowest BCUT2D eigenvalue weighted by Gasteiger charge is -2.08. The summed E-state index contributed by atoms with van der Waals surface area (Å²) in [6, 6.07) is 11.4. The lowest BCUT2D eigenvalue weighted by Crippen LogP contribution is -2.24. The molecule has 2 aromatic carbocycles. The second-order valence-electron chi connectivity index (χ2n) is 5.49. The van der Waals surface area contributed by atoms with Crippen LogP contribution in [0.25, 0.3) is 0 Å². The Balaban J connectivity index is 1.84. The number of aryl methyl sites for hydroxylation is 1. The van der Waals surface area contributed by atoms with Crippen LogP contribution in [0.1, 0.15) is 24.5 Å². The highest BCUT2D eigenvalue weighted by molar-refractivity contribution is 9.10. The molecule has 138 valence electrons. The maximum Gasteiger partial charge on any atom is 0.277 e. The number of ether oxygens (including phenoxy) is 2. The predicted octanol–water partition coefficient (Wildman–Crippen LogP) is 4.70. The summed E-state index contributed by atoms with van der Waals surface area (Å²) in [4.78, 5) is 11.9. The van der Waals surface area contributed by atoms with Crippen molar-refractivity contribution in [2.24, 2.45) is 5.10 Å². The number of carbonyl (C=O) groups is 1. The Kier molecular flexibility index (Phi) is 8.12. The van der Waals surface area contributed by atoms with E-state index in [1.54, 1.807) is 13.3 Å². The Morgan fingerprint density at radius 2 is 1.88 bits per heavy atom. The molecule has 0 aliphatic rings. The molecule has 7 heteroatoms. The van der Waals surface area contributed by atoms with Crippen LogP contribution >= 0.6 is 31.9 Å². The summed E-state index contributed by atoms with van der Waals surface area (Å²) < 4.78 is 12.3. The van der Waals surface area contributed by atoms with E-state index in [4.69, 9.17) is 9.47 Å². The number of nitrogens with zero attached hydrogens (tertiary/aromatic N) is 1. The Morgan fingerprint density at radius 3 is 2.54 bits per heavy atom. The molecular formula is C19H20Br2N2O3. The second kappa shape index (κ2) is 10.3. The number of carbonyl (C=O) groups excluding carboxylic acids is 1. The van der Waals surface area contributed by atoms with Crippen molar-refractivity contribution in [2.75, 3.05) is 13.7 Å². The number of hydrazone groups is 1. The predicted molar refractivity (Wildman–Crippen MR) is 110 cm³/mol. The second-order valence-corrected chi connectivity index (χ2v) is 7.20. The van der Waals surface area contributed by atoms with Crippen LogP contribution in [0.4, 0.5) is 0 Å². The van der Waals surface area contributed by atoms with Crippen LogP contribution in [-0.4, -0.2) is 25.8 Å². The van der Waals surface area contributed by atoms with E-state index in [2.05, 4.69) is 49.3 Å². The first-order valence-corrected chi connectivity index (χ1v) is 9.68. The summed E-state index contributed by atoms with van der Waals surface area (Å²) in [7, 11) is 1.60. The SMILES string of the molecule is CCCc1ccc(OCC(=O)N/N=C/c2ccc(OC)c(Br)c2)c(Br)c1. The first-order valence-electron chi connectivity index (χ1n) is 8.10. The van der Waals surface area contributed by atoms with E-state index in [-0.39, 0.29) is 12.5 Å². The molecule has 0 aliphatic carbocycles. The van der Waals surface area contributed by atoms with Crippen molar-refractivity contribution in [3.05, 3.63) is 56.5 Å². The minimum atomic E-state index is -0.335. The molecule has 0 aromatic heterocycles. The first-order chi connectivity index (χ1) is 12.5. The third-order valence-corrected chi connectivity index (χ3v) is 4.71. The number of benzene rings is 2. The summed E-state index contributed by atoms with van der Waals surface area (Å²) in [5, 5.41) is 3.93. The minimum absolute atomic E-state index is 0.116. The zero-order valence-corrected chi connectivity index (χ0v) is 17.8. The Labute approximate surface area is 170 Å². The van der Waals surface area contributed by atoms with E-state index in [9.17, 15) is 4.79 Å². The highest BCUT2D eigenvalue weighted by Gasteiger charge is 2.06. The molecule has 1 amide bonds. The zero-order valence-electron chi connectivity index (χ0n) is 14.6. The number of halogens is 2. The van der Waals surface area contributed by atoms with Gasteiger partial charge in [-0.05, 0) is 79.7 Å². The molecule has 0 saturated heterocycles. The smallest absolute Gasteiger partial charge is 0.277 e. The Hall–Kier alpha value is -1.86. The summed E-state index contributed by atoms with van der Waals surface area (Å²) in [5.41, 5.74) is 4.50. The molecule has 0 aliphatic heterocycles. The van der Waals surface area contributed by atoms with Gasteiger partial charge in [0.2, 0.25) is 0 Å². The number of hydrogen-bond acceptors (Lipinski definition) is 4. The molecule has 26 heavy (non-hydrogen) atoms. The van der Waals surface area contributed by atoms with Crippen molar-refractivity contribution in [3.8, 4) is 11.5 Å². The van der Waals surface area contributed by atoms with Crippen LogP contribution in [-0.2, 0) is 11.2 Å². The van der Waals surface area contributed by atoms with Crippen LogP contribution in [0.5, 0.6) is 11.5 Å². The number of methoxy groups -OCH3 is 1. The monoisotopic (exact) mass is 482 g/mol. The van der Waals surface area contributed by atoms with Crippen LogP contribution in [0.15, 0.2) is 50.4 Å². The molecular weight excluding hydrogens is 464 g/mol. The molecule has 2 aromatic rings. The van der Waals surface area contributed by atoms with Crippen molar-refractivity contribution in [3.63, 3.8) is 0 Å².